The predicted octanol–water partition coefficient (Wildman–Crippen LogP) is 6.85. The molecular weight excluding hydrogens is 380 g/mol. The molecule has 6 fully saturated rings. The third kappa shape index (κ3) is 2.95. The maximum atomic E-state index is 10.4. The molecule has 6 aliphatic rings. The van der Waals surface area contributed by atoms with E-state index in [1.54, 1.807) is 0 Å². The van der Waals surface area contributed by atoms with Gasteiger partial charge in [0.05, 0.1) is 12.2 Å². The van der Waals surface area contributed by atoms with Gasteiger partial charge in [-0.1, -0.05) is 47.5 Å². The van der Waals surface area contributed by atoms with Crippen molar-refractivity contribution in [2.24, 2.45) is 58.2 Å². The van der Waals surface area contributed by atoms with Crippen LogP contribution in [-0.4, -0.2) is 22.9 Å². The van der Waals surface area contributed by atoms with Crippen LogP contribution in [0.2, 0.25) is 0 Å². The first-order chi connectivity index (χ1) is 14.7. The number of epoxide rings is 1. The third-order valence-electron chi connectivity index (χ3n) is 12.8. The second-order valence-corrected chi connectivity index (χ2v) is 14.1. The largest absolute Gasteiger partial charge is 0.393 e. The Morgan fingerprint density at radius 1 is 0.935 bits per heavy atom. The molecule has 0 aromatic carbocycles. The second kappa shape index (κ2) is 6.97. The van der Waals surface area contributed by atoms with Crippen molar-refractivity contribution in [1.82, 2.24) is 0 Å². The number of hydrogen-bond acceptors (Lipinski definition) is 2. The predicted molar refractivity (Wildman–Crippen MR) is 126 cm³/mol. The van der Waals surface area contributed by atoms with Crippen molar-refractivity contribution in [3.05, 3.63) is 0 Å². The van der Waals surface area contributed by atoms with E-state index in [0.717, 1.165) is 60.2 Å². The highest BCUT2D eigenvalue weighted by Gasteiger charge is 2.76. The van der Waals surface area contributed by atoms with Crippen LogP contribution in [0, 0.1) is 58.2 Å². The Balaban J connectivity index is 1.17. The van der Waals surface area contributed by atoms with Crippen molar-refractivity contribution in [3.8, 4) is 0 Å². The van der Waals surface area contributed by atoms with Crippen LogP contribution in [0.1, 0.15) is 105 Å². The summed E-state index contributed by atoms with van der Waals surface area (Å²) in [6, 6.07) is 0. The number of aliphatic hydroxyl groups excluding tert-OH is 1. The zero-order valence-corrected chi connectivity index (χ0v) is 20.9. The average molecular weight is 429 g/mol. The number of aliphatic hydroxyl groups is 1. The molecular formula is C29H48O2. The highest BCUT2D eigenvalue weighted by atomic mass is 16.6. The van der Waals surface area contributed by atoms with E-state index in [1.165, 1.54) is 57.8 Å². The number of ether oxygens (including phenoxy) is 1. The molecule has 2 heteroatoms. The average Bonchev–Trinajstić information content (AvgIpc) is 3.59. The lowest BCUT2D eigenvalue weighted by molar-refractivity contribution is -0.116. The fraction of sp³-hybridized carbons (Fsp3) is 1.00. The summed E-state index contributed by atoms with van der Waals surface area (Å²) in [5, 5.41) is 10.4. The number of rotatable bonds is 5. The minimum absolute atomic E-state index is 0.0426. The van der Waals surface area contributed by atoms with Gasteiger partial charge < -0.3 is 9.84 Å². The van der Waals surface area contributed by atoms with Gasteiger partial charge in [0.15, 0.2) is 0 Å². The summed E-state index contributed by atoms with van der Waals surface area (Å²) < 4.78 is 6.53. The minimum Gasteiger partial charge on any atom is -0.393 e. The van der Waals surface area contributed by atoms with E-state index in [4.69, 9.17) is 4.74 Å². The third-order valence-corrected chi connectivity index (χ3v) is 12.8. The van der Waals surface area contributed by atoms with Crippen LogP contribution in [-0.2, 0) is 4.74 Å². The van der Waals surface area contributed by atoms with E-state index >= 15 is 0 Å². The molecule has 0 radical (unpaired) electrons. The monoisotopic (exact) mass is 428 g/mol. The summed E-state index contributed by atoms with van der Waals surface area (Å²) in [4.78, 5) is 0. The molecule has 1 saturated heterocycles. The topological polar surface area (TPSA) is 32.8 Å². The summed E-state index contributed by atoms with van der Waals surface area (Å²) in [6.45, 7) is 12.8. The van der Waals surface area contributed by atoms with E-state index < -0.39 is 0 Å². The van der Waals surface area contributed by atoms with E-state index in [2.05, 4.69) is 34.6 Å². The van der Waals surface area contributed by atoms with Crippen LogP contribution in [0.3, 0.4) is 0 Å². The SMILES string of the molecule is CC(CCC(C)C1CCC2C3CC4OC45CC(O)CCC5(C)C3CCC12C)C1CC1C. The number of fused-ring (bicyclic) bond motifs is 4. The lowest BCUT2D eigenvalue weighted by Crippen LogP contribution is -2.58. The summed E-state index contributed by atoms with van der Waals surface area (Å²) in [5.74, 6) is 7.44. The lowest BCUT2D eigenvalue weighted by atomic mass is 9.44. The summed E-state index contributed by atoms with van der Waals surface area (Å²) in [7, 11) is 0. The van der Waals surface area contributed by atoms with Crippen LogP contribution in [0.15, 0.2) is 0 Å². The van der Waals surface area contributed by atoms with Crippen LogP contribution >= 0.6 is 0 Å². The van der Waals surface area contributed by atoms with Gasteiger partial charge in [0, 0.05) is 11.8 Å². The molecule has 1 spiro atoms. The molecule has 6 rings (SSSR count). The molecule has 31 heavy (non-hydrogen) atoms. The molecule has 13 unspecified atom stereocenters. The van der Waals surface area contributed by atoms with Crippen molar-refractivity contribution in [1.29, 1.82) is 0 Å². The molecule has 2 nitrogen and oxygen atoms in total. The molecule has 1 aliphatic heterocycles. The second-order valence-electron chi connectivity index (χ2n) is 14.1. The van der Waals surface area contributed by atoms with Gasteiger partial charge in [-0.2, -0.15) is 0 Å². The van der Waals surface area contributed by atoms with Crippen LogP contribution < -0.4 is 0 Å². The molecule has 13 atom stereocenters. The van der Waals surface area contributed by atoms with Gasteiger partial charge in [-0.3, -0.25) is 0 Å². The number of hydrogen-bond donors (Lipinski definition) is 1. The first-order valence-electron chi connectivity index (χ1n) is 14.1. The maximum Gasteiger partial charge on any atom is 0.103 e. The molecule has 0 bridgehead atoms. The van der Waals surface area contributed by atoms with Crippen molar-refractivity contribution < 1.29 is 9.84 Å². The van der Waals surface area contributed by atoms with E-state index in [9.17, 15) is 5.11 Å². The Bertz CT molecular complexity index is 720. The summed E-state index contributed by atoms with van der Waals surface area (Å²) in [6.07, 6.45) is 14.9. The van der Waals surface area contributed by atoms with Crippen LogP contribution in [0.5, 0.6) is 0 Å². The summed E-state index contributed by atoms with van der Waals surface area (Å²) in [5.41, 5.74) is 0.929. The van der Waals surface area contributed by atoms with Gasteiger partial charge in [0.2, 0.25) is 0 Å². The Kier molecular flexibility index (Phi) is 4.82. The molecule has 1 heterocycles. The van der Waals surface area contributed by atoms with E-state index in [-0.39, 0.29) is 11.7 Å². The van der Waals surface area contributed by atoms with E-state index in [1.807, 2.05) is 0 Å². The van der Waals surface area contributed by atoms with Gasteiger partial charge in [0.25, 0.3) is 0 Å². The molecule has 0 aromatic rings. The Morgan fingerprint density at radius 3 is 2.42 bits per heavy atom. The van der Waals surface area contributed by atoms with Gasteiger partial charge in [0.1, 0.15) is 5.60 Å². The molecule has 1 N–H and O–H groups in total. The van der Waals surface area contributed by atoms with Crippen molar-refractivity contribution in [2.75, 3.05) is 0 Å². The smallest absolute Gasteiger partial charge is 0.103 e. The molecule has 0 amide bonds. The maximum absolute atomic E-state index is 10.4. The minimum atomic E-state index is -0.124. The molecule has 176 valence electrons. The van der Waals surface area contributed by atoms with E-state index in [0.29, 0.717) is 16.9 Å². The molecule has 5 saturated carbocycles. The standard InChI is InChI=1S/C29H48O2/c1-17(21-14-19(21)3)6-7-18(2)23-8-9-24-22-15-26-29(31-26)16-20(30)10-13-28(29,5)25(22)11-12-27(23,24)4/h17-26,30H,6-16H2,1-5H3. The Morgan fingerprint density at radius 2 is 1.68 bits per heavy atom. The van der Waals surface area contributed by atoms with Crippen molar-refractivity contribution in [3.63, 3.8) is 0 Å². The highest BCUT2D eigenvalue weighted by molar-refractivity contribution is 5.24. The zero-order valence-electron chi connectivity index (χ0n) is 20.9. The fourth-order valence-electron chi connectivity index (χ4n) is 10.7. The first-order valence-corrected chi connectivity index (χ1v) is 14.1. The van der Waals surface area contributed by atoms with Crippen LogP contribution in [0.25, 0.3) is 0 Å². The van der Waals surface area contributed by atoms with Gasteiger partial charge >= 0.3 is 0 Å². The first kappa shape index (κ1) is 21.5. The van der Waals surface area contributed by atoms with Gasteiger partial charge in [-0.15, -0.1) is 0 Å². The quantitative estimate of drug-likeness (QED) is 0.486. The molecule has 0 aromatic heterocycles. The highest BCUT2D eigenvalue weighted by Crippen LogP contribution is 2.74. The zero-order chi connectivity index (χ0) is 21.8. The Labute approximate surface area is 191 Å². The van der Waals surface area contributed by atoms with Gasteiger partial charge in [-0.25, -0.2) is 0 Å². The lowest BCUT2D eigenvalue weighted by Gasteiger charge is -2.59. The van der Waals surface area contributed by atoms with Crippen molar-refractivity contribution >= 4 is 0 Å². The molecule has 5 aliphatic carbocycles. The Hall–Kier alpha value is -0.0800. The van der Waals surface area contributed by atoms with Crippen molar-refractivity contribution in [2.45, 2.75) is 123 Å². The summed E-state index contributed by atoms with van der Waals surface area (Å²) >= 11 is 0. The van der Waals surface area contributed by atoms with Gasteiger partial charge in [-0.05, 0) is 104 Å². The fourth-order valence-corrected chi connectivity index (χ4v) is 10.7. The normalized spacial score (nSPS) is 59.0. The van der Waals surface area contributed by atoms with Crippen LogP contribution in [0.4, 0.5) is 0 Å².